The zero-order chi connectivity index (χ0) is 19.1. The Balaban J connectivity index is 0.00000280. The van der Waals surface area contributed by atoms with Crippen LogP contribution in [0.4, 0.5) is 0 Å². The van der Waals surface area contributed by atoms with E-state index in [1.54, 1.807) is 18.2 Å². The number of piperidine rings is 1. The van der Waals surface area contributed by atoms with Gasteiger partial charge in [0.25, 0.3) is 11.8 Å². The fourth-order valence-electron chi connectivity index (χ4n) is 3.16. The van der Waals surface area contributed by atoms with Crippen LogP contribution in [-0.4, -0.2) is 41.2 Å². The van der Waals surface area contributed by atoms with Crippen LogP contribution in [0.5, 0.6) is 0 Å². The normalized spacial score (nSPS) is 16.1. The van der Waals surface area contributed by atoms with Gasteiger partial charge in [-0.2, -0.15) is 5.10 Å². The van der Waals surface area contributed by atoms with E-state index in [9.17, 15) is 9.59 Å². The molecule has 3 N–H and O–H groups in total. The van der Waals surface area contributed by atoms with Crippen molar-refractivity contribution in [1.82, 2.24) is 25.7 Å². The van der Waals surface area contributed by atoms with Crippen LogP contribution in [0, 0.1) is 0 Å². The number of hydrogen-bond acceptors (Lipinski definition) is 4. The summed E-state index contributed by atoms with van der Waals surface area (Å²) < 4.78 is 1.87. The van der Waals surface area contributed by atoms with Gasteiger partial charge in [0.05, 0.1) is 6.04 Å². The lowest BCUT2D eigenvalue weighted by Gasteiger charge is -2.22. The first kappa shape index (κ1) is 21.9. The molecule has 1 fully saturated rings. The highest BCUT2D eigenvalue weighted by Gasteiger charge is 2.17. The summed E-state index contributed by atoms with van der Waals surface area (Å²) in [6, 6.07) is 9.35. The Labute approximate surface area is 171 Å². The molecule has 0 radical (unpaired) electrons. The predicted octanol–water partition coefficient (Wildman–Crippen LogP) is 2.30. The van der Waals surface area contributed by atoms with Gasteiger partial charge in [0.2, 0.25) is 0 Å². The van der Waals surface area contributed by atoms with Crippen molar-refractivity contribution in [2.24, 2.45) is 0 Å². The molecule has 2 aromatic rings. The second-order valence-electron chi connectivity index (χ2n) is 6.82. The zero-order valence-electron chi connectivity index (χ0n) is 16.1. The highest BCUT2D eigenvalue weighted by Crippen LogP contribution is 2.15. The third-order valence-electron chi connectivity index (χ3n) is 4.66. The molecule has 0 aliphatic carbocycles. The van der Waals surface area contributed by atoms with E-state index in [1.165, 1.54) is 0 Å². The molecule has 2 heterocycles. The second-order valence-corrected chi connectivity index (χ2v) is 6.82. The topological polar surface area (TPSA) is 88.0 Å². The highest BCUT2D eigenvalue weighted by molar-refractivity contribution is 5.94. The molecular formula is C20H28ClN5O2. The minimum Gasteiger partial charge on any atom is -0.352 e. The first-order valence-electron chi connectivity index (χ1n) is 9.58. The maximum Gasteiger partial charge on any atom is 0.272 e. The fourth-order valence-corrected chi connectivity index (χ4v) is 3.16. The lowest BCUT2D eigenvalue weighted by atomic mass is 10.1. The maximum absolute atomic E-state index is 12.4. The summed E-state index contributed by atoms with van der Waals surface area (Å²) in [6.45, 7) is 4.94. The molecule has 1 atom stereocenters. The van der Waals surface area contributed by atoms with Gasteiger partial charge in [-0.1, -0.05) is 19.1 Å². The summed E-state index contributed by atoms with van der Waals surface area (Å²) >= 11 is 0. The van der Waals surface area contributed by atoms with E-state index in [-0.39, 0.29) is 24.2 Å². The van der Waals surface area contributed by atoms with Gasteiger partial charge in [-0.05, 0) is 49.6 Å². The Morgan fingerprint density at radius 1 is 1.25 bits per heavy atom. The molecule has 1 aromatic heterocycles. The molecule has 1 aromatic carbocycles. The second kappa shape index (κ2) is 10.8. The van der Waals surface area contributed by atoms with E-state index < -0.39 is 0 Å². The zero-order valence-corrected chi connectivity index (χ0v) is 16.9. The summed E-state index contributed by atoms with van der Waals surface area (Å²) in [6.07, 6.45) is 4.95. The molecule has 3 rings (SSSR count). The van der Waals surface area contributed by atoms with Gasteiger partial charge in [0.15, 0.2) is 0 Å². The summed E-state index contributed by atoms with van der Waals surface area (Å²) in [5.41, 5.74) is 1.89. The average molecular weight is 406 g/mol. The van der Waals surface area contributed by atoms with Crippen molar-refractivity contribution in [2.45, 2.75) is 38.8 Å². The molecule has 152 valence electrons. The number of nitrogens with zero attached hydrogens (tertiary/aromatic N) is 2. The van der Waals surface area contributed by atoms with E-state index in [2.05, 4.69) is 21.0 Å². The molecule has 0 bridgehead atoms. The molecule has 8 heteroatoms. The van der Waals surface area contributed by atoms with Crippen LogP contribution < -0.4 is 16.0 Å². The van der Waals surface area contributed by atoms with Crippen molar-refractivity contribution in [3.63, 3.8) is 0 Å². The minimum atomic E-state index is -0.210. The number of carbonyl (C=O) groups is 2. The monoisotopic (exact) mass is 405 g/mol. The van der Waals surface area contributed by atoms with Gasteiger partial charge < -0.3 is 16.0 Å². The standard InChI is InChI=1S/C20H27N5O2.ClH/c1-2-9-22-19(26)16-6-3-5-15(12-16)13-23-20(27)18-8-11-25(24-18)17-7-4-10-21-14-17;/h3,5-6,8,11-12,17,21H,2,4,7,9-10,13-14H2,1H3,(H,22,26)(H,23,27);1H. The molecular weight excluding hydrogens is 378 g/mol. The molecule has 1 unspecified atom stereocenters. The largest absolute Gasteiger partial charge is 0.352 e. The first-order chi connectivity index (χ1) is 13.2. The summed E-state index contributed by atoms with van der Waals surface area (Å²) in [4.78, 5) is 24.4. The number of hydrogen-bond donors (Lipinski definition) is 3. The van der Waals surface area contributed by atoms with E-state index in [4.69, 9.17) is 0 Å². The highest BCUT2D eigenvalue weighted by atomic mass is 35.5. The Morgan fingerprint density at radius 2 is 2.11 bits per heavy atom. The van der Waals surface area contributed by atoms with Crippen molar-refractivity contribution in [3.8, 4) is 0 Å². The van der Waals surface area contributed by atoms with Gasteiger partial charge >= 0.3 is 0 Å². The third-order valence-corrected chi connectivity index (χ3v) is 4.66. The van der Waals surface area contributed by atoms with Crippen molar-refractivity contribution < 1.29 is 9.59 Å². The van der Waals surface area contributed by atoms with Crippen LogP contribution in [0.25, 0.3) is 0 Å². The Morgan fingerprint density at radius 3 is 2.86 bits per heavy atom. The molecule has 0 saturated carbocycles. The van der Waals surface area contributed by atoms with Crippen molar-refractivity contribution in [1.29, 1.82) is 0 Å². The van der Waals surface area contributed by atoms with Crippen LogP contribution in [0.3, 0.4) is 0 Å². The van der Waals surface area contributed by atoms with Gasteiger partial charge in [0, 0.05) is 31.4 Å². The molecule has 0 spiro atoms. The summed E-state index contributed by atoms with van der Waals surface area (Å²) in [7, 11) is 0. The lowest BCUT2D eigenvalue weighted by Crippen LogP contribution is -2.32. The molecule has 1 aliphatic rings. The summed E-state index contributed by atoms with van der Waals surface area (Å²) in [5.74, 6) is -0.303. The maximum atomic E-state index is 12.4. The molecule has 28 heavy (non-hydrogen) atoms. The van der Waals surface area contributed by atoms with Crippen LogP contribution in [0.15, 0.2) is 36.5 Å². The van der Waals surface area contributed by atoms with Crippen molar-refractivity contribution in [2.75, 3.05) is 19.6 Å². The van der Waals surface area contributed by atoms with Crippen LogP contribution in [-0.2, 0) is 6.54 Å². The van der Waals surface area contributed by atoms with Gasteiger partial charge in [-0.15, -0.1) is 12.4 Å². The lowest BCUT2D eigenvalue weighted by molar-refractivity contribution is 0.0941. The molecule has 2 amide bonds. The molecule has 1 saturated heterocycles. The van der Waals surface area contributed by atoms with Gasteiger partial charge in [-0.3, -0.25) is 14.3 Å². The van der Waals surface area contributed by atoms with Crippen LogP contribution >= 0.6 is 12.4 Å². The van der Waals surface area contributed by atoms with Gasteiger partial charge in [-0.25, -0.2) is 0 Å². The average Bonchev–Trinajstić information content (AvgIpc) is 3.21. The fraction of sp³-hybridized carbons (Fsp3) is 0.450. The SMILES string of the molecule is CCCNC(=O)c1cccc(CNC(=O)c2ccn(C3CCCNC3)n2)c1.Cl. The van der Waals surface area contributed by atoms with Gasteiger partial charge in [0.1, 0.15) is 5.69 Å². The van der Waals surface area contributed by atoms with Crippen LogP contribution in [0.2, 0.25) is 0 Å². The van der Waals surface area contributed by atoms with E-state index >= 15 is 0 Å². The van der Waals surface area contributed by atoms with E-state index in [0.717, 1.165) is 37.9 Å². The Bertz CT molecular complexity index is 786. The summed E-state index contributed by atoms with van der Waals surface area (Å²) in [5, 5.41) is 13.5. The Kier molecular flexibility index (Phi) is 8.47. The number of carbonyl (C=O) groups excluding carboxylic acids is 2. The number of aromatic nitrogens is 2. The Hall–Kier alpha value is -2.38. The quantitative estimate of drug-likeness (QED) is 0.659. The number of nitrogens with one attached hydrogen (secondary N) is 3. The predicted molar refractivity (Wildman–Crippen MR) is 111 cm³/mol. The molecule has 1 aliphatic heterocycles. The van der Waals surface area contributed by atoms with Crippen molar-refractivity contribution in [3.05, 3.63) is 53.3 Å². The third kappa shape index (κ3) is 5.81. The van der Waals surface area contributed by atoms with Crippen molar-refractivity contribution >= 4 is 24.2 Å². The number of benzene rings is 1. The first-order valence-corrected chi connectivity index (χ1v) is 9.58. The van der Waals surface area contributed by atoms with E-state index in [1.807, 2.05) is 29.9 Å². The number of amides is 2. The molecule has 7 nitrogen and oxygen atoms in total. The minimum absolute atomic E-state index is 0. The smallest absolute Gasteiger partial charge is 0.272 e. The number of rotatable bonds is 7. The van der Waals surface area contributed by atoms with E-state index in [0.29, 0.717) is 30.4 Å². The number of halogens is 1. The van der Waals surface area contributed by atoms with Crippen LogP contribution in [0.1, 0.15) is 58.6 Å².